The maximum absolute atomic E-state index is 10.3. The van der Waals surface area contributed by atoms with Crippen LogP contribution in [0.2, 0.25) is 0 Å². The molecule has 0 spiro atoms. The summed E-state index contributed by atoms with van der Waals surface area (Å²) in [4.78, 5) is 2.23. The number of β-amino-alcohol motifs (C(OH)–C–C–N with tert-alkyl or cyclic N) is 1. The molecule has 0 aromatic heterocycles. The number of rotatable bonds is 6. The van der Waals surface area contributed by atoms with Crippen molar-refractivity contribution in [2.45, 2.75) is 12.2 Å². The topological polar surface area (TPSA) is 41.9 Å². The van der Waals surface area contributed by atoms with Gasteiger partial charge < -0.3 is 14.6 Å². The van der Waals surface area contributed by atoms with Crippen LogP contribution in [0.3, 0.4) is 0 Å². The van der Waals surface area contributed by atoms with E-state index < -0.39 is 6.10 Å². The second kappa shape index (κ2) is 10.6. The van der Waals surface area contributed by atoms with Gasteiger partial charge in [0.25, 0.3) is 0 Å². The predicted molar refractivity (Wildman–Crippen MR) is 112 cm³/mol. The largest absolute Gasteiger partial charge is 0.490 e. The maximum Gasteiger partial charge on any atom is 0.133 e. The molecule has 0 aliphatic carbocycles. The van der Waals surface area contributed by atoms with Crippen molar-refractivity contribution in [2.75, 3.05) is 32.8 Å². The molecule has 1 heterocycles. The number of morpholine rings is 1. The second-order valence-corrected chi connectivity index (χ2v) is 7.84. The summed E-state index contributed by atoms with van der Waals surface area (Å²) in [5.41, 5.74) is 1.16. The number of benzene rings is 2. The molecular formula is C19H22Br2ClNO3. The van der Waals surface area contributed by atoms with E-state index in [2.05, 4.69) is 48.9 Å². The second-order valence-electron chi connectivity index (χ2n) is 6.07. The standard InChI is InChI=1S/C19H21Br2NO3.ClH/c20-15-7-5-14(6-8-15)19-12-22(9-10-24-19)11-16(23)13-25-18-4-2-1-3-17(18)21;/h1-8,16,19,23H,9-13H2;1H. The molecule has 4 nitrogen and oxygen atoms in total. The maximum atomic E-state index is 10.3. The third kappa shape index (κ3) is 6.22. The monoisotopic (exact) mass is 505 g/mol. The molecular weight excluding hydrogens is 485 g/mol. The summed E-state index contributed by atoms with van der Waals surface area (Å²) in [6.45, 7) is 3.09. The van der Waals surface area contributed by atoms with Crippen molar-refractivity contribution >= 4 is 44.3 Å². The summed E-state index contributed by atoms with van der Waals surface area (Å²) in [6.07, 6.45) is -0.506. The van der Waals surface area contributed by atoms with E-state index in [0.717, 1.165) is 33.3 Å². The quantitative estimate of drug-likeness (QED) is 0.628. The number of para-hydroxylation sites is 1. The highest BCUT2D eigenvalue weighted by Gasteiger charge is 2.23. The van der Waals surface area contributed by atoms with Crippen molar-refractivity contribution in [3.05, 3.63) is 63.0 Å². The molecule has 1 aliphatic heterocycles. The van der Waals surface area contributed by atoms with Crippen LogP contribution >= 0.6 is 44.3 Å². The van der Waals surface area contributed by atoms with E-state index in [4.69, 9.17) is 9.47 Å². The SMILES string of the molecule is Cl.OC(COc1ccccc1Br)CN1CCOC(c2ccc(Br)cc2)C1. The molecule has 2 unspecified atom stereocenters. The van der Waals surface area contributed by atoms with Crippen molar-refractivity contribution in [2.24, 2.45) is 0 Å². The molecule has 1 fully saturated rings. The summed E-state index contributed by atoms with van der Waals surface area (Å²) in [6, 6.07) is 15.9. The van der Waals surface area contributed by atoms with Crippen molar-refractivity contribution in [3.8, 4) is 5.75 Å². The minimum atomic E-state index is -0.546. The van der Waals surface area contributed by atoms with Crippen LogP contribution in [0.25, 0.3) is 0 Å². The van der Waals surface area contributed by atoms with Gasteiger partial charge in [0.2, 0.25) is 0 Å². The third-order valence-corrected chi connectivity index (χ3v) is 5.31. The van der Waals surface area contributed by atoms with Crippen molar-refractivity contribution in [1.29, 1.82) is 0 Å². The lowest BCUT2D eigenvalue weighted by Crippen LogP contribution is -2.43. The molecule has 0 saturated carbocycles. The van der Waals surface area contributed by atoms with Crippen molar-refractivity contribution < 1.29 is 14.6 Å². The van der Waals surface area contributed by atoms with Gasteiger partial charge in [0.05, 0.1) is 17.2 Å². The number of halogens is 3. The smallest absolute Gasteiger partial charge is 0.133 e. The van der Waals surface area contributed by atoms with Crippen LogP contribution < -0.4 is 4.74 Å². The van der Waals surface area contributed by atoms with E-state index in [1.54, 1.807) is 0 Å². The first-order valence-corrected chi connectivity index (χ1v) is 9.85. The summed E-state index contributed by atoms with van der Waals surface area (Å²) in [7, 11) is 0. The molecule has 1 N–H and O–H groups in total. The van der Waals surface area contributed by atoms with E-state index in [1.807, 2.05) is 36.4 Å². The molecule has 0 bridgehead atoms. The van der Waals surface area contributed by atoms with Gasteiger partial charge in [-0.25, -0.2) is 0 Å². The summed E-state index contributed by atoms with van der Waals surface area (Å²) in [5, 5.41) is 10.3. The molecule has 26 heavy (non-hydrogen) atoms. The Labute approximate surface area is 177 Å². The summed E-state index contributed by atoms with van der Waals surface area (Å²) < 4.78 is 13.5. The van der Waals surface area contributed by atoms with E-state index in [9.17, 15) is 5.11 Å². The first kappa shape index (κ1) is 21.7. The van der Waals surface area contributed by atoms with Crippen LogP contribution in [-0.2, 0) is 4.74 Å². The Kier molecular flexibility index (Phi) is 8.87. The molecule has 0 radical (unpaired) electrons. The van der Waals surface area contributed by atoms with Crippen LogP contribution in [0.4, 0.5) is 0 Å². The summed E-state index contributed by atoms with van der Waals surface area (Å²) >= 11 is 6.90. The van der Waals surface area contributed by atoms with Crippen molar-refractivity contribution in [1.82, 2.24) is 4.90 Å². The van der Waals surface area contributed by atoms with Gasteiger partial charge >= 0.3 is 0 Å². The molecule has 3 rings (SSSR count). The van der Waals surface area contributed by atoms with Gasteiger partial charge in [0.1, 0.15) is 18.5 Å². The zero-order chi connectivity index (χ0) is 17.6. The predicted octanol–water partition coefficient (Wildman–Crippen LogP) is 4.45. The molecule has 142 valence electrons. The highest BCUT2D eigenvalue weighted by Crippen LogP contribution is 2.25. The normalized spacial score (nSPS) is 18.8. The molecule has 2 aromatic rings. The van der Waals surface area contributed by atoms with Gasteiger partial charge in [-0.3, -0.25) is 4.90 Å². The lowest BCUT2D eigenvalue weighted by atomic mass is 10.1. The van der Waals surface area contributed by atoms with Crippen LogP contribution in [0.1, 0.15) is 11.7 Å². The fraction of sp³-hybridized carbons (Fsp3) is 0.368. The number of aliphatic hydroxyl groups is 1. The Bertz CT molecular complexity index is 687. The van der Waals surface area contributed by atoms with Crippen LogP contribution in [0.15, 0.2) is 57.5 Å². The van der Waals surface area contributed by atoms with Crippen LogP contribution in [0.5, 0.6) is 5.75 Å². The molecule has 2 aromatic carbocycles. The highest BCUT2D eigenvalue weighted by atomic mass is 79.9. The Balaban J connectivity index is 0.00000243. The van der Waals surface area contributed by atoms with E-state index in [1.165, 1.54) is 0 Å². The Hall–Kier alpha value is -0.630. The van der Waals surface area contributed by atoms with Gasteiger partial charge in [-0.2, -0.15) is 0 Å². The first-order chi connectivity index (χ1) is 12.1. The van der Waals surface area contributed by atoms with Gasteiger partial charge in [-0.15, -0.1) is 12.4 Å². The Morgan fingerprint density at radius 3 is 2.62 bits per heavy atom. The fourth-order valence-corrected chi connectivity index (χ4v) is 3.51. The van der Waals surface area contributed by atoms with E-state index >= 15 is 0 Å². The number of nitrogens with zero attached hydrogens (tertiary/aromatic N) is 1. The Morgan fingerprint density at radius 2 is 1.88 bits per heavy atom. The lowest BCUT2D eigenvalue weighted by Gasteiger charge is -2.34. The average molecular weight is 508 g/mol. The fourth-order valence-electron chi connectivity index (χ4n) is 2.85. The highest BCUT2D eigenvalue weighted by molar-refractivity contribution is 9.10. The molecule has 1 aliphatic rings. The zero-order valence-corrected chi connectivity index (χ0v) is 18.2. The van der Waals surface area contributed by atoms with Gasteiger partial charge in [0.15, 0.2) is 0 Å². The van der Waals surface area contributed by atoms with Gasteiger partial charge in [0, 0.05) is 24.1 Å². The molecule has 1 saturated heterocycles. The van der Waals surface area contributed by atoms with E-state index in [-0.39, 0.29) is 25.1 Å². The first-order valence-electron chi connectivity index (χ1n) is 8.26. The number of aliphatic hydroxyl groups excluding tert-OH is 1. The molecule has 2 atom stereocenters. The van der Waals surface area contributed by atoms with Crippen LogP contribution in [0, 0.1) is 0 Å². The molecule has 0 amide bonds. The third-order valence-electron chi connectivity index (χ3n) is 4.13. The number of hydrogen-bond donors (Lipinski definition) is 1. The minimum Gasteiger partial charge on any atom is -0.490 e. The summed E-state index contributed by atoms with van der Waals surface area (Å²) in [5.74, 6) is 0.747. The number of ether oxygens (including phenoxy) is 2. The Morgan fingerprint density at radius 1 is 1.15 bits per heavy atom. The number of hydrogen-bond acceptors (Lipinski definition) is 4. The van der Waals surface area contributed by atoms with Crippen LogP contribution in [-0.4, -0.2) is 49.0 Å². The zero-order valence-electron chi connectivity index (χ0n) is 14.2. The molecule has 7 heteroatoms. The van der Waals surface area contributed by atoms with Crippen molar-refractivity contribution in [3.63, 3.8) is 0 Å². The average Bonchev–Trinajstić information content (AvgIpc) is 2.62. The van der Waals surface area contributed by atoms with E-state index in [0.29, 0.717) is 13.2 Å². The van der Waals surface area contributed by atoms with Gasteiger partial charge in [-0.05, 0) is 45.8 Å². The lowest BCUT2D eigenvalue weighted by molar-refractivity contribution is -0.0459. The van der Waals surface area contributed by atoms with Gasteiger partial charge in [-0.1, -0.05) is 40.2 Å². The minimum absolute atomic E-state index is 0.